The van der Waals surface area contributed by atoms with Crippen LogP contribution in [0.4, 0.5) is 5.69 Å². The van der Waals surface area contributed by atoms with Gasteiger partial charge in [-0.3, -0.25) is 0 Å². The molecule has 0 fully saturated rings. The predicted molar refractivity (Wildman–Crippen MR) is 57.2 cm³/mol. The van der Waals surface area contributed by atoms with Gasteiger partial charge in [-0.05, 0) is 12.1 Å². The van der Waals surface area contributed by atoms with Crippen molar-refractivity contribution in [2.45, 2.75) is 4.90 Å². The van der Waals surface area contributed by atoms with Gasteiger partial charge in [0.1, 0.15) is 0 Å². The van der Waals surface area contributed by atoms with Crippen molar-refractivity contribution in [3.63, 3.8) is 0 Å². The fourth-order valence-corrected chi connectivity index (χ4v) is 1.96. The quantitative estimate of drug-likeness (QED) is 0.578. The van der Waals surface area contributed by atoms with Gasteiger partial charge in [0.25, 0.3) is 0 Å². The molecule has 0 aliphatic carbocycles. The lowest BCUT2D eigenvalue weighted by Gasteiger charge is -2.04. The summed E-state index contributed by atoms with van der Waals surface area (Å²) in [5.74, 6) is -0.607. The fraction of sp³-hybridized carbons (Fsp3) is 0.200. The Morgan fingerprint density at radius 3 is 2.50 bits per heavy atom. The zero-order chi connectivity index (χ0) is 12.3. The van der Waals surface area contributed by atoms with Crippen LogP contribution in [0.25, 0.3) is 4.85 Å². The molecule has 1 aromatic carbocycles. The smallest absolute Gasteiger partial charge is 0.336 e. The third kappa shape index (κ3) is 2.38. The van der Waals surface area contributed by atoms with Crippen LogP contribution in [0.1, 0.15) is 10.4 Å². The molecule has 0 bridgehead atoms. The van der Waals surface area contributed by atoms with Crippen LogP contribution < -0.4 is 0 Å². The molecule has 0 aliphatic rings. The van der Waals surface area contributed by atoms with Crippen molar-refractivity contribution in [3.05, 3.63) is 35.2 Å². The summed E-state index contributed by atoms with van der Waals surface area (Å²) in [5, 5.41) is 0. The van der Waals surface area contributed by atoms with Crippen molar-refractivity contribution < 1.29 is 17.9 Å². The number of sulfone groups is 1. The molecule has 0 spiro atoms. The molecular formula is C10H9NO4S. The molecule has 6 heteroatoms. The largest absolute Gasteiger partial charge is 0.465 e. The van der Waals surface area contributed by atoms with Crippen LogP contribution in [0.3, 0.4) is 0 Å². The number of rotatable bonds is 2. The topological polar surface area (TPSA) is 64.8 Å². The minimum atomic E-state index is -3.46. The number of nitrogens with zero attached hydrogens (tertiary/aromatic N) is 1. The van der Waals surface area contributed by atoms with E-state index in [-0.39, 0.29) is 16.1 Å². The van der Waals surface area contributed by atoms with E-state index in [4.69, 9.17) is 6.57 Å². The van der Waals surface area contributed by atoms with Crippen LogP contribution in [-0.2, 0) is 14.6 Å². The summed E-state index contributed by atoms with van der Waals surface area (Å²) in [6.07, 6.45) is 1.01. The summed E-state index contributed by atoms with van der Waals surface area (Å²) in [6, 6.07) is 3.75. The lowest BCUT2D eigenvalue weighted by molar-refractivity contribution is 0.0600. The van der Waals surface area contributed by atoms with Gasteiger partial charge in [-0.2, -0.15) is 0 Å². The zero-order valence-corrected chi connectivity index (χ0v) is 9.54. The van der Waals surface area contributed by atoms with Gasteiger partial charge in [0.15, 0.2) is 9.84 Å². The number of carbonyl (C=O) groups is 1. The summed E-state index contributed by atoms with van der Waals surface area (Å²) in [6.45, 7) is 6.87. The number of methoxy groups -OCH3 is 1. The number of carbonyl (C=O) groups excluding carboxylic acids is 1. The maximum atomic E-state index is 11.3. The van der Waals surface area contributed by atoms with Crippen LogP contribution in [0.5, 0.6) is 0 Å². The van der Waals surface area contributed by atoms with Crippen molar-refractivity contribution in [1.29, 1.82) is 0 Å². The lowest BCUT2D eigenvalue weighted by Crippen LogP contribution is -2.03. The predicted octanol–water partition coefficient (Wildman–Crippen LogP) is 1.43. The van der Waals surface area contributed by atoms with E-state index < -0.39 is 15.8 Å². The summed E-state index contributed by atoms with van der Waals surface area (Å²) < 4.78 is 27.1. The Kier molecular flexibility index (Phi) is 3.30. The van der Waals surface area contributed by atoms with Crippen LogP contribution in [0, 0.1) is 6.57 Å². The van der Waals surface area contributed by atoms with Crippen LogP contribution in [0.15, 0.2) is 23.1 Å². The summed E-state index contributed by atoms with van der Waals surface area (Å²) in [4.78, 5) is 14.2. The third-order valence-electron chi connectivity index (χ3n) is 1.90. The van der Waals surface area contributed by atoms with Crippen LogP contribution >= 0.6 is 0 Å². The Hall–Kier alpha value is -1.87. The van der Waals surface area contributed by atoms with Crippen LogP contribution in [-0.4, -0.2) is 27.8 Å². The van der Waals surface area contributed by atoms with Crippen molar-refractivity contribution in [2.75, 3.05) is 13.4 Å². The van der Waals surface area contributed by atoms with Gasteiger partial charge in [-0.15, -0.1) is 0 Å². The standard InChI is InChI=1S/C10H9NO4S/c1-11-8-6-7(10(12)15-2)4-5-9(8)16(3,13)14/h4-6H,2-3H3. The molecule has 0 aliphatic heterocycles. The molecule has 0 atom stereocenters. The molecule has 0 unspecified atom stereocenters. The lowest BCUT2D eigenvalue weighted by atomic mass is 10.2. The van der Waals surface area contributed by atoms with Gasteiger partial charge in [0.2, 0.25) is 5.69 Å². The van der Waals surface area contributed by atoms with E-state index in [0.717, 1.165) is 6.26 Å². The van der Waals surface area contributed by atoms with Crippen molar-refractivity contribution in [1.82, 2.24) is 0 Å². The third-order valence-corrected chi connectivity index (χ3v) is 3.04. The summed E-state index contributed by atoms with van der Waals surface area (Å²) in [5.41, 5.74) is 0.0753. The van der Waals surface area contributed by atoms with E-state index >= 15 is 0 Å². The number of benzene rings is 1. The molecule has 0 radical (unpaired) electrons. The Morgan fingerprint density at radius 1 is 1.44 bits per heavy atom. The molecule has 0 saturated heterocycles. The second-order valence-electron chi connectivity index (χ2n) is 3.06. The van der Waals surface area contributed by atoms with Gasteiger partial charge >= 0.3 is 5.97 Å². The average Bonchev–Trinajstić information content (AvgIpc) is 2.25. The van der Waals surface area contributed by atoms with E-state index in [1.54, 1.807) is 0 Å². The minimum absolute atomic E-state index is 0.0783. The molecule has 16 heavy (non-hydrogen) atoms. The number of esters is 1. The Morgan fingerprint density at radius 2 is 2.06 bits per heavy atom. The van der Waals surface area contributed by atoms with E-state index in [0.29, 0.717) is 0 Å². The molecule has 0 N–H and O–H groups in total. The minimum Gasteiger partial charge on any atom is -0.465 e. The van der Waals surface area contributed by atoms with Gasteiger partial charge in [0, 0.05) is 11.8 Å². The molecule has 84 valence electrons. The number of ether oxygens (including phenoxy) is 1. The Balaban J connectivity index is 3.41. The summed E-state index contributed by atoms with van der Waals surface area (Å²) in [7, 11) is -2.25. The van der Waals surface area contributed by atoms with Gasteiger partial charge < -0.3 is 4.74 Å². The first-order valence-corrected chi connectivity index (χ1v) is 6.09. The first kappa shape index (κ1) is 12.2. The van der Waals surface area contributed by atoms with Gasteiger partial charge in [-0.25, -0.2) is 18.1 Å². The Labute approximate surface area is 93.4 Å². The first-order chi connectivity index (χ1) is 7.40. The summed E-state index contributed by atoms with van der Waals surface area (Å²) >= 11 is 0. The van der Waals surface area contributed by atoms with Gasteiger partial charge in [0.05, 0.1) is 18.6 Å². The van der Waals surface area contributed by atoms with Crippen molar-refractivity contribution in [3.8, 4) is 0 Å². The second-order valence-corrected chi connectivity index (χ2v) is 5.04. The second kappa shape index (κ2) is 4.33. The molecule has 0 saturated carbocycles. The molecule has 0 aromatic heterocycles. The Bertz CT molecular complexity index is 569. The van der Waals surface area contributed by atoms with E-state index in [1.165, 1.54) is 25.3 Å². The molecular weight excluding hydrogens is 230 g/mol. The maximum absolute atomic E-state index is 11.3. The highest BCUT2D eigenvalue weighted by Crippen LogP contribution is 2.25. The van der Waals surface area contributed by atoms with E-state index in [2.05, 4.69) is 9.58 Å². The average molecular weight is 239 g/mol. The molecule has 1 aromatic rings. The highest BCUT2D eigenvalue weighted by molar-refractivity contribution is 7.90. The molecule has 0 amide bonds. The number of hydrogen-bond donors (Lipinski definition) is 0. The van der Waals surface area contributed by atoms with E-state index in [1.807, 2.05) is 0 Å². The van der Waals surface area contributed by atoms with Crippen molar-refractivity contribution >= 4 is 21.5 Å². The SMILES string of the molecule is [C-]#[N+]c1cc(C(=O)OC)ccc1S(C)(=O)=O. The molecule has 0 heterocycles. The maximum Gasteiger partial charge on any atom is 0.336 e. The normalized spacial score (nSPS) is 10.6. The monoisotopic (exact) mass is 239 g/mol. The highest BCUT2D eigenvalue weighted by Gasteiger charge is 2.16. The molecule has 5 nitrogen and oxygen atoms in total. The zero-order valence-electron chi connectivity index (χ0n) is 8.72. The number of hydrogen-bond acceptors (Lipinski definition) is 4. The highest BCUT2D eigenvalue weighted by atomic mass is 32.2. The van der Waals surface area contributed by atoms with Crippen molar-refractivity contribution in [2.24, 2.45) is 0 Å². The molecule has 1 rings (SSSR count). The van der Waals surface area contributed by atoms with Gasteiger partial charge in [-0.1, -0.05) is 6.07 Å². The first-order valence-electron chi connectivity index (χ1n) is 4.20. The van der Waals surface area contributed by atoms with Crippen LogP contribution in [0.2, 0.25) is 0 Å². The fourth-order valence-electron chi connectivity index (χ4n) is 1.16. The van der Waals surface area contributed by atoms with E-state index in [9.17, 15) is 13.2 Å².